The second-order valence-electron chi connectivity index (χ2n) is 5.72. The average Bonchev–Trinajstić information content (AvgIpc) is 2.51. The van der Waals surface area contributed by atoms with Crippen LogP contribution in [-0.2, 0) is 11.3 Å². The van der Waals surface area contributed by atoms with Gasteiger partial charge in [-0.3, -0.25) is 4.79 Å². The van der Waals surface area contributed by atoms with Crippen molar-refractivity contribution in [3.63, 3.8) is 0 Å². The van der Waals surface area contributed by atoms with Gasteiger partial charge in [-0.15, -0.1) is 0 Å². The van der Waals surface area contributed by atoms with Crippen LogP contribution in [0.3, 0.4) is 0 Å². The zero-order valence-corrected chi connectivity index (χ0v) is 12.0. The number of hydrogen-bond acceptors (Lipinski definition) is 2. The highest BCUT2D eigenvalue weighted by atomic mass is 16.2. The first-order valence-electron chi connectivity index (χ1n) is 7.39. The maximum Gasteiger partial charge on any atom is 0.247 e. The lowest BCUT2D eigenvalue weighted by atomic mass is 9.76. The summed E-state index contributed by atoms with van der Waals surface area (Å²) in [5, 5.41) is 0. The van der Waals surface area contributed by atoms with E-state index in [1.165, 1.54) is 0 Å². The quantitative estimate of drug-likeness (QED) is 0.935. The summed E-state index contributed by atoms with van der Waals surface area (Å²) in [5.41, 5.74) is 7.59. The van der Waals surface area contributed by atoms with Gasteiger partial charge in [0.25, 0.3) is 0 Å². The van der Waals surface area contributed by atoms with Crippen LogP contribution in [0.1, 0.15) is 24.8 Å². The van der Waals surface area contributed by atoms with Gasteiger partial charge >= 0.3 is 0 Å². The SMILES string of the molecule is NC1(C(=O)N(Cc2ccccc2)c2ccccc2)CCC1. The normalized spacial score (nSPS) is 16.0. The van der Waals surface area contributed by atoms with Crippen LogP contribution >= 0.6 is 0 Å². The summed E-state index contributed by atoms with van der Waals surface area (Å²) in [6.07, 6.45) is 2.60. The van der Waals surface area contributed by atoms with Crippen molar-refractivity contribution in [1.29, 1.82) is 0 Å². The van der Waals surface area contributed by atoms with E-state index in [2.05, 4.69) is 0 Å². The maximum absolute atomic E-state index is 12.9. The van der Waals surface area contributed by atoms with Crippen LogP contribution in [0, 0.1) is 0 Å². The van der Waals surface area contributed by atoms with Gasteiger partial charge in [-0.2, -0.15) is 0 Å². The van der Waals surface area contributed by atoms with E-state index in [1.807, 2.05) is 65.6 Å². The van der Waals surface area contributed by atoms with Gasteiger partial charge in [0, 0.05) is 5.69 Å². The Hall–Kier alpha value is -2.13. The number of carbonyl (C=O) groups is 1. The van der Waals surface area contributed by atoms with Crippen molar-refractivity contribution in [1.82, 2.24) is 0 Å². The lowest BCUT2D eigenvalue weighted by molar-refractivity contribution is -0.126. The molecule has 0 radical (unpaired) electrons. The fraction of sp³-hybridized carbons (Fsp3) is 0.278. The number of nitrogens with zero attached hydrogens (tertiary/aromatic N) is 1. The van der Waals surface area contributed by atoms with E-state index in [0.717, 1.165) is 30.5 Å². The van der Waals surface area contributed by atoms with Gasteiger partial charge in [0.05, 0.1) is 12.1 Å². The molecule has 1 aliphatic carbocycles. The highest BCUT2D eigenvalue weighted by molar-refractivity contribution is 6.00. The Morgan fingerprint density at radius 2 is 1.57 bits per heavy atom. The lowest BCUT2D eigenvalue weighted by Crippen LogP contribution is -2.59. The molecule has 0 bridgehead atoms. The largest absolute Gasteiger partial charge is 0.317 e. The van der Waals surface area contributed by atoms with E-state index >= 15 is 0 Å². The molecule has 0 heterocycles. The predicted octanol–water partition coefficient (Wildman–Crippen LogP) is 3.10. The predicted molar refractivity (Wildman–Crippen MR) is 84.8 cm³/mol. The lowest BCUT2D eigenvalue weighted by Gasteiger charge is -2.40. The summed E-state index contributed by atoms with van der Waals surface area (Å²) in [6, 6.07) is 19.8. The molecule has 0 aliphatic heterocycles. The van der Waals surface area contributed by atoms with E-state index < -0.39 is 5.54 Å². The van der Waals surface area contributed by atoms with Crippen LogP contribution in [0.5, 0.6) is 0 Å². The fourth-order valence-corrected chi connectivity index (χ4v) is 2.69. The number of para-hydroxylation sites is 1. The fourth-order valence-electron chi connectivity index (χ4n) is 2.69. The first kappa shape index (κ1) is 13.8. The Morgan fingerprint density at radius 3 is 2.10 bits per heavy atom. The van der Waals surface area contributed by atoms with Crippen LogP contribution in [-0.4, -0.2) is 11.4 Å². The van der Waals surface area contributed by atoms with Gasteiger partial charge in [0.1, 0.15) is 0 Å². The first-order valence-corrected chi connectivity index (χ1v) is 7.39. The summed E-state index contributed by atoms with van der Waals surface area (Å²) in [6.45, 7) is 0.558. The topological polar surface area (TPSA) is 46.3 Å². The highest BCUT2D eigenvalue weighted by Gasteiger charge is 2.43. The minimum absolute atomic E-state index is 0.0313. The molecule has 3 heteroatoms. The standard InChI is InChI=1S/C18H20N2O/c19-18(12-7-13-18)17(21)20(16-10-5-2-6-11-16)14-15-8-3-1-4-9-15/h1-6,8-11H,7,12-14,19H2. The van der Waals surface area contributed by atoms with Crippen LogP contribution in [0.15, 0.2) is 60.7 Å². The van der Waals surface area contributed by atoms with E-state index in [-0.39, 0.29) is 5.91 Å². The van der Waals surface area contributed by atoms with Crippen LogP contribution in [0.2, 0.25) is 0 Å². The minimum Gasteiger partial charge on any atom is -0.317 e. The molecule has 1 aliphatic rings. The molecule has 2 aromatic rings. The molecule has 1 amide bonds. The van der Waals surface area contributed by atoms with Gasteiger partial charge < -0.3 is 10.6 Å². The molecule has 0 atom stereocenters. The third-order valence-corrected chi connectivity index (χ3v) is 4.17. The summed E-state index contributed by atoms with van der Waals surface area (Å²) in [5.74, 6) is 0.0313. The molecule has 0 unspecified atom stereocenters. The third-order valence-electron chi connectivity index (χ3n) is 4.17. The molecule has 3 nitrogen and oxygen atoms in total. The highest BCUT2D eigenvalue weighted by Crippen LogP contribution is 2.33. The number of carbonyl (C=O) groups excluding carboxylic acids is 1. The van der Waals surface area contributed by atoms with Crippen molar-refractivity contribution in [3.8, 4) is 0 Å². The number of nitrogens with two attached hydrogens (primary N) is 1. The minimum atomic E-state index is -0.676. The molecular formula is C18H20N2O. The van der Waals surface area contributed by atoms with Crippen molar-refractivity contribution in [2.24, 2.45) is 5.73 Å². The van der Waals surface area contributed by atoms with Crippen LogP contribution < -0.4 is 10.6 Å². The van der Waals surface area contributed by atoms with Crippen molar-refractivity contribution < 1.29 is 4.79 Å². The Morgan fingerprint density at radius 1 is 1.00 bits per heavy atom. The zero-order valence-electron chi connectivity index (χ0n) is 12.0. The van der Waals surface area contributed by atoms with Gasteiger partial charge in [-0.25, -0.2) is 0 Å². The smallest absolute Gasteiger partial charge is 0.247 e. The zero-order chi connectivity index (χ0) is 14.7. The number of hydrogen-bond donors (Lipinski definition) is 1. The summed E-state index contributed by atoms with van der Waals surface area (Å²) >= 11 is 0. The molecule has 2 aromatic carbocycles. The Kier molecular flexibility index (Phi) is 3.76. The van der Waals surface area contributed by atoms with Gasteiger partial charge in [-0.1, -0.05) is 48.5 Å². The van der Waals surface area contributed by atoms with Crippen molar-refractivity contribution in [2.45, 2.75) is 31.3 Å². The molecule has 0 saturated heterocycles. The van der Waals surface area contributed by atoms with E-state index in [9.17, 15) is 4.79 Å². The average molecular weight is 280 g/mol. The van der Waals surface area contributed by atoms with Gasteiger partial charge in [0.2, 0.25) is 5.91 Å². The summed E-state index contributed by atoms with van der Waals surface area (Å²) in [7, 11) is 0. The van der Waals surface area contributed by atoms with E-state index in [4.69, 9.17) is 5.73 Å². The van der Waals surface area contributed by atoms with Crippen molar-refractivity contribution in [2.75, 3.05) is 4.90 Å². The molecule has 108 valence electrons. The molecular weight excluding hydrogens is 260 g/mol. The number of rotatable bonds is 4. The molecule has 21 heavy (non-hydrogen) atoms. The number of benzene rings is 2. The molecule has 0 aromatic heterocycles. The number of anilines is 1. The second kappa shape index (κ2) is 5.70. The van der Waals surface area contributed by atoms with E-state index in [1.54, 1.807) is 0 Å². The van der Waals surface area contributed by atoms with Gasteiger partial charge in [-0.05, 0) is 37.0 Å². The van der Waals surface area contributed by atoms with Crippen LogP contribution in [0.4, 0.5) is 5.69 Å². The second-order valence-corrected chi connectivity index (χ2v) is 5.72. The van der Waals surface area contributed by atoms with Gasteiger partial charge in [0.15, 0.2) is 0 Å². The Balaban J connectivity index is 1.90. The third kappa shape index (κ3) is 2.83. The summed E-state index contributed by atoms with van der Waals surface area (Å²) < 4.78 is 0. The molecule has 1 fully saturated rings. The Labute approximate surface area is 125 Å². The molecule has 1 saturated carbocycles. The van der Waals surface area contributed by atoms with Crippen LogP contribution in [0.25, 0.3) is 0 Å². The van der Waals surface area contributed by atoms with E-state index in [0.29, 0.717) is 6.54 Å². The Bertz CT molecular complexity index is 606. The molecule has 0 spiro atoms. The van der Waals surface area contributed by atoms with Crippen molar-refractivity contribution in [3.05, 3.63) is 66.2 Å². The first-order chi connectivity index (χ1) is 10.2. The summed E-state index contributed by atoms with van der Waals surface area (Å²) in [4.78, 5) is 14.7. The molecule has 3 rings (SSSR count). The molecule has 2 N–H and O–H groups in total. The number of amides is 1. The monoisotopic (exact) mass is 280 g/mol. The van der Waals surface area contributed by atoms with Crippen molar-refractivity contribution >= 4 is 11.6 Å². The maximum atomic E-state index is 12.9.